The molecule has 0 amide bonds. The fourth-order valence-electron chi connectivity index (χ4n) is 0.712. The number of carbonyl (C=O) groups is 1. The molecule has 0 radical (unpaired) electrons. The van der Waals surface area contributed by atoms with Crippen LogP contribution >= 0.6 is 24.0 Å². The zero-order chi connectivity index (χ0) is 8.27. The molecular weight excluding hydrogens is 180 g/mol. The van der Waals surface area contributed by atoms with Gasteiger partial charge in [-0.3, -0.25) is 4.79 Å². The van der Waals surface area contributed by atoms with Gasteiger partial charge in [-0.15, -0.1) is 24.0 Å². The summed E-state index contributed by atoms with van der Waals surface area (Å²) in [6, 6.07) is 3.72. The molecule has 0 aliphatic heterocycles. The van der Waals surface area contributed by atoms with Crippen molar-refractivity contribution in [2.75, 3.05) is 7.11 Å². The molecule has 1 rings (SSSR count). The summed E-state index contributed by atoms with van der Waals surface area (Å²) in [6.07, 6.45) is 0.386. The van der Waals surface area contributed by atoms with E-state index in [1.165, 1.54) is 11.3 Å². The van der Waals surface area contributed by atoms with Crippen molar-refractivity contribution in [1.82, 2.24) is 0 Å². The second-order valence-corrected chi connectivity index (χ2v) is 3.63. The van der Waals surface area contributed by atoms with Gasteiger partial charge in [-0.05, 0) is 12.1 Å². The van der Waals surface area contributed by atoms with Gasteiger partial charge in [0.25, 0.3) is 0 Å². The first-order valence-electron chi connectivity index (χ1n) is 3.07. The normalized spacial score (nSPS) is 9.64. The van der Waals surface area contributed by atoms with Crippen LogP contribution in [0.1, 0.15) is 4.88 Å². The number of hydrogen-bond acceptors (Lipinski definition) is 3. The lowest BCUT2D eigenvalue weighted by molar-refractivity contribution is -0.110. The number of methoxy groups -OCH3 is 1. The topological polar surface area (TPSA) is 26.3 Å². The molecule has 0 atom stereocenters. The summed E-state index contributed by atoms with van der Waals surface area (Å²) in [5, 5.41) is 0.712. The van der Waals surface area contributed by atoms with Crippen LogP contribution in [-0.2, 0) is 11.2 Å². The summed E-state index contributed by atoms with van der Waals surface area (Å²) in [4.78, 5) is 11.5. The maximum Gasteiger partial charge on any atom is 0.191 e. The lowest BCUT2D eigenvalue weighted by atomic mass is 10.4. The van der Waals surface area contributed by atoms with Gasteiger partial charge < -0.3 is 4.74 Å². The van der Waals surface area contributed by atoms with Gasteiger partial charge in [0.2, 0.25) is 0 Å². The molecule has 1 aromatic rings. The molecule has 60 valence electrons. The number of rotatable bonds is 3. The van der Waals surface area contributed by atoms with Crippen molar-refractivity contribution in [2.45, 2.75) is 6.42 Å². The third-order valence-electron chi connectivity index (χ3n) is 1.16. The quantitative estimate of drug-likeness (QED) is 0.731. The standard InChI is InChI=1S/C7H8O2S2/c1-9-7-3-2-5(11-7)4-6(8)10/h2-3H,4H2,1H3,(H,8,10). The van der Waals surface area contributed by atoms with Crippen molar-refractivity contribution in [2.24, 2.45) is 0 Å². The summed E-state index contributed by atoms with van der Waals surface area (Å²) < 4.78 is 4.96. The summed E-state index contributed by atoms with van der Waals surface area (Å²) in [5.41, 5.74) is 0. The minimum Gasteiger partial charge on any atom is -0.487 e. The number of carbonyl (C=O) groups excluding carboxylic acids is 1. The first-order valence-corrected chi connectivity index (χ1v) is 4.33. The lowest BCUT2D eigenvalue weighted by Gasteiger charge is -1.90. The van der Waals surface area contributed by atoms with Crippen LogP contribution < -0.4 is 4.74 Å². The average molecular weight is 188 g/mol. The minimum absolute atomic E-state index is 0.116. The molecule has 0 spiro atoms. The Morgan fingerprint density at radius 1 is 1.73 bits per heavy atom. The van der Waals surface area contributed by atoms with Crippen molar-refractivity contribution >= 4 is 29.1 Å². The van der Waals surface area contributed by atoms with Crippen LogP contribution in [0.2, 0.25) is 0 Å². The monoisotopic (exact) mass is 188 g/mol. The summed E-state index contributed by atoms with van der Waals surface area (Å²) in [7, 11) is 1.61. The molecule has 1 aromatic heterocycles. The van der Waals surface area contributed by atoms with Gasteiger partial charge in [-0.25, -0.2) is 0 Å². The Kier molecular flexibility index (Phi) is 2.96. The summed E-state index contributed by atoms with van der Waals surface area (Å²) in [6.45, 7) is 0. The van der Waals surface area contributed by atoms with Crippen LogP contribution in [0.5, 0.6) is 5.06 Å². The van der Waals surface area contributed by atoms with Gasteiger partial charge in [0.1, 0.15) is 0 Å². The second-order valence-electron chi connectivity index (χ2n) is 2.00. The van der Waals surface area contributed by atoms with Crippen molar-refractivity contribution in [3.05, 3.63) is 17.0 Å². The minimum atomic E-state index is -0.116. The molecule has 4 heteroatoms. The van der Waals surface area contributed by atoms with Crippen molar-refractivity contribution in [3.63, 3.8) is 0 Å². The van der Waals surface area contributed by atoms with E-state index >= 15 is 0 Å². The Morgan fingerprint density at radius 3 is 2.91 bits per heavy atom. The van der Waals surface area contributed by atoms with Gasteiger partial charge in [-0.1, -0.05) is 0 Å². The fourth-order valence-corrected chi connectivity index (χ4v) is 1.81. The molecule has 0 aliphatic rings. The molecule has 0 fully saturated rings. The molecule has 2 nitrogen and oxygen atoms in total. The van der Waals surface area contributed by atoms with E-state index < -0.39 is 0 Å². The molecule has 0 aliphatic carbocycles. The molecule has 11 heavy (non-hydrogen) atoms. The Balaban J connectivity index is 2.65. The Bertz CT molecular complexity index is 255. The molecule has 0 N–H and O–H groups in total. The van der Waals surface area contributed by atoms with E-state index in [9.17, 15) is 4.79 Å². The fraction of sp³-hybridized carbons (Fsp3) is 0.286. The third kappa shape index (κ3) is 2.55. The van der Waals surface area contributed by atoms with Gasteiger partial charge in [0.05, 0.1) is 13.5 Å². The molecule has 0 aromatic carbocycles. The first-order chi connectivity index (χ1) is 5.22. The highest BCUT2D eigenvalue weighted by Gasteiger charge is 2.02. The van der Waals surface area contributed by atoms with Crippen molar-refractivity contribution in [1.29, 1.82) is 0 Å². The Morgan fingerprint density at radius 2 is 2.45 bits per heavy atom. The van der Waals surface area contributed by atoms with Crippen LogP contribution in [-0.4, -0.2) is 12.2 Å². The maximum absolute atomic E-state index is 10.5. The third-order valence-corrected chi connectivity index (χ3v) is 2.37. The number of ether oxygens (including phenoxy) is 1. The van der Waals surface area contributed by atoms with Crippen molar-refractivity contribution in [3.8, 4) is 5.06 Å². The van der Waals surface area contributed by atoms with E-state index in [-0.39, 0.29) is 5.12 Å². The highest BCUT2D eigenvalue weighted by atomic mass is 32.1. The number of thiophene rings is 1. The van der Waals surface area contributed by atoms with E-state index in [0.717, 1.165) is 9.94 Å². The second kappa shape index (κ2) is 3.78. The van der Waals surface area contributed by atoms with Gasteiger partial charge in [-0.2, -0.15) is 0 Å². The molecule has 0 saturated heterocycles. The predicted octanol–water partition coefficient (Wildman–Crippen LogP) is 1.76. The van der Waals surface area contributed by atoms with Crippen LogP contribution in [0.4, 0.5) is 0 Å². The van der Waals surface area contributed by atoms with Crippen LogP contribution in [0.15, 0.2) is 12.1 Å². The zero-order valence-corrected chi connectivity index (χ0v) is 7.74. The molecule has 1 heterocycles. The first kappa shape index (κ1) is 8.62. The van der Waals surface area contributed by atoms with E-state index in [2.05, 4.69) is 12.6 Å². The number of hydrogen-bond donors (Lipinski definition) is 1. The van der Waals surface area contributed by atoms with Crippen LogP contribution in [0.3, 0.4) is 0 Å². The smallest absolute Gasteiger partial charge is 0.191 e. The Labute approximate surface area is 74.6 Å². The lowest BCUT2D eigenvalue weighted by Crippen LogP contribution is -1.88. The van der Waals surface area contributed by atoms with E-state index in [4.69, 9.17) is 4.74 Å². The molecule has 0 bridgehead atoms. The highest BCUT2D eigenvalue weighted by molar-refractivity contribution is 7.96. The van der Waals surface area contributed by atoms with Gasteiger partial charge in [0, 0.05) is 4.88 Å². The van der Waals surface area contributed by atoms with Gasteiger partial charge >= 0.3 is 0 Å². The largest absolute Gasteiger partial charge is 0.487 e. The number of thiol groups is 1. The average Bonchev–Trinajstić information content (AvgIpc) is 2.34. The SMILES string of the molecule is COc1ccc(CC(=O)S)s1. The Hall–Kier alpha value is -0.480. The van der Waals surface area contributed by atoms with E-state index in [1.807, 2.05) is 12.1 Å². The predicted molar refractivity (Wildman–Crippen MR) is 48.6 cm³/mol. The molecule has 0 unspecified atom stereocenters. The summed E-state index contributed by atoms with van der Waals surface area (Å²) >= 11 is 5.14. The van der Waals surface area contributed by atoms with Gasteiger partial charge in [0.15, 0.2) is 10.2 Å². The molecule has 0 saturated carbocycles. The maximum atomic E-state index is 10.5. The van der Waals surface area contributed by atoms with Crippen LogP contribution in [0, 0.1) is 0 Å². The zero-order valence-electron chi connectivity index (χ0n) is 6.03. The summed E-state index contributed by atoms with van der Waals surface area (Å²) in [5.74, 6) is 0. The molecular formula is C7H8O2S2. The van der Waals surface area contributed by atoms with Crippen LogP contribution in [0.25, 0.3) is 0 Å². The van der Waals surface area contributed by atoms with E-state index in [0.29, 0.717) is 6.42 Å². The highest BCUT2D eigenvalue weighted by Crippen LogP contribution is 2.24. The van der Waals surface area contributed by atoms with E-state index in [1.54, 1.807) is 7.11 Å². The van der Waals surface area contributed by atoms with Crippen molar-refractivity contribution < 1.29 is 9.53 Å².